The number of methoxy groups -OCH3 is 1. The van der Waals surface area contributed by atoms with Gasteiger partial charge in [-0.25, -0.2) is 0 Å². The highest BCUT2D eigenvalue weighted by Crippen LogP contribution is 2.21. The average molecular weight is 185 g/mol. The Morgan fingerprint density at radius 2 is 1.43 bits per heavy atom. The average Bonchev–Trinajstić information content (AvgIpc) is 2.30. The van der Waals surface area contributed by atoms with Crippen LogP contribution < -0.4 is 4.74 Å². The first-order valence-electron chi connectivity index (χ1n) is 4.44. The van der Waals surface area contributed by atoms with Crippen molar-refractivity contribution in [2.45, 2.75) is 0 Å². The number of hydrogen-bond acceptors (Lipinski definition) is 2. The third-order valence-electron chi connectivity index (χ3n) is 2.10. The van der Waals surface area contributed by atoms with E-state index in [0.29, 0.717) is 0 Å². The van der Waals surface area contributed by atoms with Crippen molar-refractivity contribution in [2.75, 3.05) is 7.11 Å². The highest BCUT2D eigenvalue weighted by molar-refractivity contribution is 5.63. The number of ether oxygens (including phenoxy) is 1. The van der Waals surface area contributed by atoms with Crippen LogP contribution in [0.3, 0.4) is 0 Å². The van der Waals surface area contributed by atoms with Crippen molar-refractivity contribution in [3.63, 3.8) is 0 Å². The van der Waals surface area contributed by atoms with Gasteiger partial charge < -0.3 is 4.74 Å². The molecule has 0 radical (unpaired) electrons. The second-order valence-electron chi connectivity index (χ2n) is 2.96. The molecule has 0 unspecified atom stereocenters. The van der Waals surface area contributed by atoms with Crippen LogP contribution in [0.5, 0.6) is 5.75 Å². The largest absolute Gasteiger partial charge is 0.497 e. The summed E-state index contributed by atoms with van der Waals surface area (Å²) in [6, 6.07) is 12.0. The summed E-state index contributed by atoms with van der Waals surface area (Å²) in [5.41, 5.74) is 2.34. The fraction of sp³-hybridized carbons (Fsp3) is 0.0833. The Balaban J connectivity index is 2.34. The first-order chi connectivity index (χ1) is 6.90. The van der Waals surface area contributed by atoms with Crippen LogP contribution in [0.4, 0.5) is 0 Å². The van der Waals surface area contributed by atoms with Gasteiger partial charge in [0.25, 0.3) is 0 Å². The number of rotatable bonds is 2. The minimum atomic E-state index is 0.878. The quantitative estimate of drug-likeness (QED) is 0.717. The summed E-state index contributed by atoms with van der Waals surface area (Å²) in [7, 11) is 1.67. The molecule has 1 heterocycles. The molecule has 70 valence electrons. The summed E-state index contributed by atoms with van der Waals surface area (Å²) < 4.78 is 5.09. The zero-order valence-corrected chi connectivity index (χ0v) is 7.97. The Morgan fingerprint density at radius 3 is 2.00 bits per heavy atom. The Kier molecular flexibility index (Phi) is 2.45. The minimum Gasteiger partial charge on any atom is -0.497 e. The van der Waals surface area contributed by atoms with Crippen molar-refractivity contribution in [3.8, 4) is 16.9 Å². The van der Waals surface area contributed by atoms with Crippen molar-refractivity contribution in [2.24, 2.45) is 0 Å². The fourth-order valence-corrected chi connectivity index (χ4v) is 1.33. The number of pyridine rings is 1. The topological polar surface area (TPSA) is 22.1 Å². The van der Waals surface area contributed by atoms with Gasteiger partial charge in [-0.15, -0.1) is 0 Å². The van der Waals surface area contributed by atoms with Gasteiger partial charge >= 0.3 is 0 Å². The van der Waals surface area contributed by atoms with Crippen molar-refractivity contribution in [3.05, 3.63) is 48.8 Å². The molecule has 0 spiro atoms. The normalized spacial score (nSPS) is 9.79. The zero-order valence-electron chi connectivity index (χ0n) is 7.97. The van der Waals surface area contributed by atoms with E-state index in [1.807, 2.05) is 36.4 Å². The Bertz CT molecular complexity index is 394. The van der Waals surface area contributed by atoms with Crippen molar-refractivity contribution >= 4 is 0 Å². The van der Waals surface area contributed by atoms with E-state index in [2.05, 4.69) is 4.98 Å². The molecule has 2 rings (SSSR count). The number of aromatic nitrogens is 1. The predicted octanol–water partition coefficient (Wildman–Crippen LogP) is 2.76. The van der Waals surface area contributed by atoms with Crippen LogP contribution in [0.25, 0.3) is 11.1 Å². The van der Waals surface area contributed by atoms with Gasteiger partial charge in [-0.2, -0.15) is 0 Å². The molecule has 0 saturated carbocycles. The Labute approximate surface area is 83.2 Å². The highest BCUT2D eigenvalue weighted by atomic mass is 16.5. The lowest BCUT2D eigenvalue weighted by atomic mass is 10.1. The highest BCUT2D eigenvalue weighted by Gasteiger charge is 1.96. The van der Waals surface area contributed by atoms with E-state index >= 15 is 0 Å². The molecule has 0 saturated heterocycles. The van der Waals surface area contributed by atoms with E-state index in [4.69, 9.17) is 4.74 Å². The van der Waals surface area contributed by atoms with Gasteiger partial charge in [-0.1, -0.05) is 12.1 Å². The second kappa shape index (κ2) is 3.92. The zero-order chi connectivity index (χ0) is 9.80. The van der Waals surface area contributed by atoms with E-state index in [0.717, 1.165) is 5.75 Å². The molecule has 0 atom stereocenters. The maximum atomic E-state index is 5.09. The molecular formula is C12H11NO. The lowest BCUT2D eigenvalue weighted by Gasteiger charge is -2.02. The van der Waals surface area contributed by atoms with Gasteiger partial charge in [-0.3, -0.25) is 4.98 Å². The lowest BCUT2D eigenvalue weighted by Crippen LogP contribution is -1.82. The van der Waals surface area contributed by atoms with E-state index in [1.54, 1.807) is 19.5 Å². The van der Waals surface area contributed by atoms with Gasteiger partial charge in [0.15, 0.2) is 0 Å². The van der Waals surface area contributed by atoms with Crippen molar-refractivity contribution in [1.29, 1.82) is 0 Å². The summed E-state index contributed by atoms with van der Waals surface area (Å²) in [6.07, 6.45) is 3.58. The molecule has 2 nitrogen and oxygen atoms in total. The van der Waals surface area contributed by atoms with E-state index in [-0.39, 0.29) is 0 Å². The van der Waals surface area contributed by atoms with Crippen LogP contribution in [0.15, 0.2) is 48.8 Å². The molecular weight excluding hydrogens is 174 g/mol. The van der Waals surface area contributed by atoms with Gasteiger partial charge in [0.2, 0.25) is 0 Å². The maximum Gasteiger partial charge on any atom is 0.118 e. The second-order valence-corrected chi connectivity index (χ2v) is 2.96. The molecule has 1 aromatic heterocycles. The molecule has 0 bridgehead atoms. The predicted molar refractivity (Wildman–Crippen MR) is 56.2 cm³/mol. The number of hydrogen-bond donors (Lipinski definition) is 0. The molecule has 2 heteroatoms. The molecule has 2 aromatic rings. The first-order valence-corrected chi connectivity index (χ1v) is 4.44. The van der Waals surface area contributed by atoms with Crippen LogP contribution in [0.2, 0.25) is 0 Å². The van der Waals surface area contributed by atoms with Crippen molar-refractivity contribution in [1.82, 2.24) is 4.98 Å². The van der Waals surface area contributed by atoms with Gasteiger partial charge in [-0.05, 0) is 35.4 Å². The van der Waals surface area contributed by atoms with Gasteiger partial charge in [0.1, 0.15) is 5.75 Å². The van der Waals surface area contributed by atoms with Gasteiger partial charge in [0, 0.05) is 12.4 Å². The molecule has 0 fully saturated rings. The molecule has 1 aromatic carbocycles. The SMILES string of the molecule is COc1ccc(-c2ccncc2)cc1. The molecule has 0 aliphatic heterocycles. The molecule has 0 aliphatic carbocycles. The monoisotopic (exact) mass is 185 g/mol. The summed E-state index contributed by atoms with van der Waals surface area (Å²) >= 11 is 0. The Morgan fingerprint density at radius 1 is 0.857 bits per heavy atom. The van der Waals surface area contributed by atoms with Crippen LogP contribution >= 0.6 is 0 Å². The first kappa shape index (κ1) is 8.75. The summed E-state index contributed by atoms with van der Waals surface area (Å²) in [6.45, 7) is 0. The van der Waals surface area contributed by atoms with E-state index in [1.165, 1.54) is 11.1 Å². The van der Waals surface area contributed by atoms with Crippen LogP contribution in [0.1, 0.15) is 0 Å². The lowest BCUT2D eigenvalue weighted by molar-refractivity contribution is 0.415. The van der Waals surface area contributed by atoms with Crippen LogP contribution in [-0.2, 0) is 0 Å². The van der Waals surface area contributed by atoms with Crippen molar-refractivity contribution < 1.29 is 4.74 Å². The van der Waals surface area contributed by atoms with E-state index in [9.17, 15) is 0 Å². The summed E-state index contributed by atoms with van der Waals surface area (Å²) in [5.74, 6) is 0.878. The smallest absolute Gasteiger partial charge is 0.118 e. The van der Waals surface area contributed by atoms with Crippen LogP contribution in [-0.4, -0.2) is 12.1 Å². The third-order valence-corrected chi connectivity index (χ3v) is 2.10. The van der Waals surface area contributed by atoms with Gasteiger partial charge in [0.05, 0.1) is 7.11 Å². The Hall–Kier alpha value is -1.83. The minimum absolute atomic E-state index is 0.878. The fourth-order valence-electron chi connectivity index (χ4n) is 1.33. The molecule has 0 amide bonds. The van der Waals surface area contributed by atoms with Crippen LogP contribution in [0, 0.1) is 0 Å². The summed E-state index contributed by atoms with van der Waals surface area (Å²) in [5, 5.41) is 0. The number of benzene rings is 1. The summed E-state index contributed by atoms with van der Waals surface area (Å²) in [4.78, 5) is 3.98. The van der Waals surface area contributed by atoms with E-state index < -0.39 is 0 Å². The molecule has 14 heavy (non-hydrogen) atoms. The molecule has 0 N–H and O–H groups in total. The standard InChI is InChI=1S/C12H11NO/c1-14-12-4-2-10(3-5-12)11-6-8-13-9-7-11/h2-9H,1H3. The number of nitrogens with zero attached hydrogens (tertiary/aromatic N) is 1. The maximum absolute atomic E-state index is 5.09. The third kappa shape index (κ3) is 1.74. The molecule has 0 aliphatic rings.